The number of carbonyl (C=O) groups is 2. The highest BCUT2D eigenvalue weighted by Gasteiger charge is 2.30. The molecule has 0 atom stereocenters. The van der Waals surface area contributed by atoms with Gasteiger partial charge in [-0.2, -0.15) is 0 Å². The first-order valence-electron chi connectivity index (χ1n) is 7.50. The van der Waals surface area contributed by atoms with Crippen LogP contribution in [0.3, 0.4) is 0 Å². The number of nitrogens with zero attached hydrogens (tertiary/aromatic N) is 1. The summed E-state index contributed by atoms with van der Waals surface area (Å²) in [5.74, 6) is -2.54. The quantitative estimate of drug-likeness (QED) is 0.817. The van der Waals surface area contributed by atoms with E-state index in [9.17, 15) is 18.4 Å². The van der Waals surface area contributed by atoms with E-state index in [0.29, 0.717) is 16.8 Å². The lowest BCUT2D eigenvalue weighted by Gasteiger charge is -2.15. The Balaban J connectivity index is 1.94. The molecule has 2 amide bonds. The number of halogens is 2. The number of carbonyl (C=O) groups excluding carboxylic acids is 2. The number of rotatable bonds is 5. The summed E-state index contributed by atoms with van der Waals surface area (Å²) in [5.41, 5.74) is 1.22. The molecular weight excluding hydrogens is 330 g/mol. The maximum atomic E-state index is 13.5. The lowest BCUT2D eigenvalue weighted by atomic mass is 10.0. The van der Waals surface area contributed by atoms with E-state index in [0.717, 1.165) is 17.0 Å². The highest BCUT2D eigenvalue weighted by atomic mass is 19.1. The molecule has 0 saturated heterocycles. The summed E-state index contributed by atoms with van der Waals surface area (Å²) < 4.78 is 27.0. The Morgan fingerprint density at radius 2 is 1.72 bits per heavy atom. The number of hydrogen-bond donors (Lipinski definition) is 2. The molecule has 128 valence electrons. The Hall–Kier alpha value is -3.06. The molecule has 0 spiro atoms. The predicted octanol–water partition coefficient (Wildman–Crippen LogP) is 2.29. The van der Waals surface area contributed by atoms with E-state index < -0.39 is 23.4 Å². The number of amides is 2. The van der Waals surface area contributed by atoms with Crippen molar-refractivity contribution in [2.75, 3.05) is 18.5 Å². The monoisotopic (exact) mass is 344 g/mol. The van der Waals surface area contributed by atoms with Gasteiger partial charge in [-0.05, 0) is 23.8 Å². The van der Waals surface area contributed by atoms with Gasteiger partial charge in [0.15, 0.2) is 0 Å². The molecule has 2 N–H and O–H groups in total. The summed E-state index contributed by atoms with van der Waals surface area (Å²) in [6.07, 6.45) is 1.13. The number of nitrogens with one attached hydrogen (secondary N) is 1. The maximum absolute atomic E-state index is 13.5. The molecule has 1 aliphatic rings. The van der Waals surface area contributed by atoms with Gasteiger partial charge in [-0.3, -0.25) is 14.5 Å². The van der Waals surface area contributed by atoms with Gasteiger partial charge in [0.05, 0.1) is 13.2 Å². The van der Waals surface area contributed by atoms with Crippen molar-refractivity contribution in [2.24, 2.45) is 0 Å². The van der Waals surface area contributed by atoms with Crippen molar-refractivity contribution in [1.29, 1.82) is 0 Å². The van der Waals surface area contributed by atoms with Gasteiger partial charge in [-0.15, -0.1) is 0 Å². The summed E-state index contributed by atoms with van der Waals surface area (Å²) in [6, 6.07) is 9.78. The summed E-state index contributed by atoms with van der Waals surface area (Å²) in [5, 5.41) is 11.8. The van der Waals surface area contributed by atoms with Crippen LogP contribution in [-0.4, -0.2) is 35.0 Å². The molecule has 1 heterocycles. The molecule has 2 aromatic carbocycles. The van der Waals surface area contributed by atoms with Crippen LogP contribution in [0.2, 0.25) is 0 Å². The number of benzene rings is 2. The van der Waals surface area contributed by atoms with E-state index in [-0.39, 0.29) is 18.8 Å². The largest absolute Gasteiger partial charge is 0.395 e. The highest BCUT2D eigenvalue weighted by Crippen LogP contribution is 2.30. The van der Waals surface area contributed by atoms with Crippen LogP contribution in [0.25, 0.3) is 11.1 Å². The lowest BCUT2D eigenvalue weighted by molar-refractivity contribution is -0.137. The number of β-amino-alcohol motifs (C(OH)–C–C–N with tert-alkyl or cyclic N) is 1. The van der Waals surface area contributed by atoms with Gasteiger partial charge < -0.3 is 10.4 Å². The van der Waals surface area contributed by atoms with Crippen LogP contribution in [0, 0.1) is 11.6 Å². The van der Waals surface area contributed by atoms with Gasteiger partial charge in [-0.25, -0.2) is 8.78 Å². The van der Waals surface area contributed by atoms with Crippen LogP contribution < -0.4 is 5.32 Å². The zero-order valence-corrected chi connectivity index (χ0v) is 13.0. The first-order valence-corrected chi connectivity index (χ1v) is 7.50. The van der Waals surface area contributed by atoms with Crippen molar-refractivity contribution < 1.29 is 23.5 Å². The third kappa shape index (κ3) is 3.41. The fraction of sp³-hybridized carbons (Fsp3) is 0.111. The topological polar surface area (TPSA) is 69.6 Å². The number of para-hydroxylation sites is 1. The summed E-state index contributed by atoms with van der Waals surface area (Å²) in [7, 11) is 0. The molecule has 0 unspecified atom stereocenters. The number of anilines is 1. The van der Waals surface area contributed by atoms with Crippen molar-refractivity contribution in [3.63, 3.8) is 0 Å². The standard InChI is InChI=1S/C18H14F2N2O3/c19-12-7-11(8-13(20)9-12)14-3-1-2-4-15(14)21-16-10-17(24)22(5-6-23)18(16)25/h1-4,7-10,21,23H,5-6H2. The van der Waals surface area contributed by atoms with E-state index in [1.807, 2.05) is 0 Å². The second-order valence-corrected chi connectivity index (χ2v) is 5.41. The first-order chi connectivity index (χ1) is 12.0. The van der Waals surface area contributed by atoms with Gasteiger partial charge in [0.2, 0.25) is 0 Å². The summed E-state index contributed by atoms with van der Waals surface area (Å²) in [6.45, 7) is -0.437. The Kier molecular flexibility index (Phi) is 4.58. The van der Waals surface area contributed by atoms with Gasteiger partial charge in [0, 0.05) is 23.4 Å². The smallest absolute Gasteiger partial charge is 0.277 e. The molecule has 5 nitrogen and oxygen atoms in total. The molecule has 0 saturated carbocycles. The lowest BCUT2D eigenvalue weighted by Crippen LogP contribution is -2.34. The summed E-state index contributed by atoms with van der Waals surface area (Å²) in [4.78, 5) is 24.9. The van der Waals surface area contributed by atoms with Crippen LogP contribution in [0.15, 0.2) is 54.2 Å². The number of aliphatic hydroxyl groups is 1. The van der Waals surface area contributed by atoms with Crippen LogP contribution in [0.4, 0.5) is 14.5 Å². The fourth-order valence-electron chi connectivity index (χ4n) is 2.61. The minimum absolute atomic E-state index is 0.0303. The summed E-state index contributed by atoms with van der Waals surface area (Å²) >= 11 is 0. The molecule has 0 fully saturated rings. The highest BCUT2D eigenvalue weighted by molar-refractivity contribution is 6.17. The molecule has 0 bridgehead atoms. The van der Waals surface area contributed by atoms with Gasteiger partial charge in [0.1, 0.15) is 17.3 Å². The molecule has 3 rings (SSSR count). The second kappa shape index (κ2) is 6.82. The predicted molar refractivity (Wildman–Crippen MR) is 87.3 cm³/mol. The van der Waals surface area contributed by atoms with E-state index >= 15 is 0 Å². The Morgan fingerprint density at radius 1 is 1.04 bits per heavy atom. The van der Waals surface area contributed by atoms with Crippen LogP contribution >= 0.6 is 0 Å². The Bertz CT molecular complexity index is 860. The second-order valence-electron chi connectivity index (χ2n) is 5.41. The molecule has 1 aliphatic heterocycles. The van der Waals surface area contributed by atoms with E-state index in [1.165, 1.54) is 12.1 Å². The van der Waals surface area contributed by atoms with E-state index in [4.69, 9.17) is 5.11 Å². The van der Waals surface area contributed by atoms with Crippen LogP contribution in [0.1, 0.15) is 0 Å². The third-order valence-electron chi connectivity index (χ3n) is 3.70. The SMILES string of the molecule is O=C1C=C(Nc2ccccc2-c2cc(F)cc(F)c2)C(=O)N1CCO. The molecule has 0 radical (unpaired) electrons. The van der Waals surface area contributed by atoms with E-state index in [1.54, 1.807) is 24.3 Å². The maximum Gasteiger partial charge on any atom is 0.277 e. The molecule has 2 aromatic rings. The normalized spacial score (nSPS) is 14.0. The van der Waals surface area contributed by atoms with Crippen molar-refractivity contribution in [3.8, 4) is 11.1 Å². The average molecular weight is 344 g/mol. The number of aliphatic hydroxyl groups excluding tert-OH is 1. The van der Waals surface area contributed by atoms with Crippen molar-refractivity contribution in [1.82, 2.24) is 4.90 Å². The molecule has 0 aliphatic carbocycles. The zero-order valence-electron chi connectivity index (χ0n) is 13.0. The van der Waals surface area contributed by atoms with Gasteiger partial charge in [0.25, 0.3) is 11.8 Å². The average Bonchev–Trinajstić information content (AvgIpc) is 2.82. The first kappa shape index (κ1) is 16.8. The minimum Gasteiger partial charge on any atom is -0.395 e. The molecule has 7 heteroatoms. The van der Waals surface area contributed by atoms with E-state index in [2.05, 4.69) is 5.32 Å². The molecule has 25 heavy (non-hydrogen) atoms. The van der Waals surface area contributed by atoms with Crippen LogP contribution in [-0.2, 0) is 9.59 Å². The third-order valence-corrected chi connectivity index (χ3v) is 3.70. The van der Waals surface area contributed by atoms with Gasteiger partial charge in [-0.1, -0.05) is 18.2 Å². The Labute approximate surface area is 142 Å². The zero-order chi connectivity index (χ0) is 18.0. The van der Waals surface area contributed by atoms with Crippen molar-refractivity contribution >= 4 is 17.5 Å². The molecular formula is C18H14F2N2O3. The number of imide groups is 1. The minimum atomic E-state index is -0.717. The van der Waals surface area contributed by atoms with Crippen LogP contribution in [0.5, 0.6) is 0 Å². The van der Waals surface area contributed by atoms with Gasteiger partial charge >= 0.3 is 0 Å². The fourth-order valence-corrected chi connectivity index (χ4v) is 2.61. The Morgan fingerprint density at radius 3 is 2.40 bits per heavy atom. The van der Waals surface area contributed by atoms with Crippen molar-refractivity contribution in [2.45, 2.75) is 0 Å². The number of hydrogen-bond acceptors (Lipinski definition) is 4. The molecule has 0 aromatic heterocycles. The van der Waals surface area contributed by atoms with Crippen molar-refractivity contribution in [3.05, 3.63) is 65.9 Å².